The van der Waals surface area contributed by atoms with Crippen LogP contribution < -0.4 is 0 Å². The minimum absolute atomic E-state index is 0.0103. The van der Waals surface area contributed by atoms with Gasteiger partial charge in [-0.2, -0.15) is 0 Å². The van der Waals surface area contributed by atoms with Crippen molar-refractivity contribution in [2.45, 2.75) is 59.9 Å². The van der Waals surface area contributed by atoms with Gasteiger partial charge in [0.05, 0.1) is 12.6 Å². The molecule has 2 heterocycles. The molecule has 0 radical (unpaired) electrons. The maximum atomic E-state index is 13.7. The zero-order valence-corrected chi connectivity index (χ0v) is 21.5. The normalized spacial score (nSPS) is 15.9. The van der Waals surface area contributed by atoms with Gasteiger partial charge in [0.1, 0.15) is 0 Å². The molecule has 1 aromatic carbocycles. The third kappa shape index (κ3) is 6.90. The standard InChI is InChI=1S/C27H38N2O3S/c1-6-32-16-7-14-28(24(30)18-27(3,4)5)19-25(31)29-15-12-23-22(13-17-33-23)26(29)21-10-8-20(2)9-11-21/h8-11,13,17,26H,6-7,12,14-16,18-19H2,1-5H3. The van der Waals surface area contributed by atoms with Gasteiger partial charge in [0.25, 0.3) is 0 Å². The van der Waals surface area contributed by atoms with Crippen molar-refractivity contribution in [2.24, 2.45) is 5.41 Å². The van der Waals surface area contributed by atoms with Gasteiger partial charge < -0.3 is 14.5 Å². The molecule has 3 rings (SSSR count). The third-order valence-corrected chi connectivity index (χ3v) is 6.96. The smallest absolute Gasteiger partial charge is 0.242 e. The van der Waals surface area contributed by atoms with Crippen molar-refractivity contribution < 1.29 is 14.3 Å². The summed E-state index contributed by atoms with van der Waals surface area (Å²) in [7, 11) is 0. The van der Waals surface area contributed by atoms with E-state index in [0.717, 1.165) is 18.4 Å². The predicted molar refractivity (Wildman–Crippen MR) is 135 cm³/mol. The van der Waals surface area contributed by atoms with Gasteiger partial charge in [-0.15, -0.1) is 11.3 Å². The molecule has 5 nitrogen and oxygen atoms in total. The molecule has 0 N–H and O–H groups in total. The Kier molecular flexibility index (Phi) is 8.71. The van der Waals surface area contributed by atoms with E-state index in [2.05, 4.69) is 63.4 Å². The summed E-state index contributed by atoms with van der Waals surface area (Å²) in [5, 5.41) is 2.12. The Labute approximate surface area is 202 Å². The Bertz CT molecular complexity index is 930. The van der Waals surface area contributed by atoms with Crippen LogP contribution in [0, 0.1) is 12.3 Å². The van der Waals surface area contributed by atoms with Crippen LogP contribution in [0.25, 0.3) is 0 Å². The van der Waals surface area contributed by atoms with E-state index in [9.17, 15) is 9.59 Å². The van der Waals surface area contributed by atoms with Gasteiger partial charge in [-0.3, -0.25) is 9.59 Å². The number of thiophene rings is 1. The van der Waals surface area contributed by atoms with Gasteiger partial charge >= 0.3 is 0 Å². The lowest BCUT2D eigenvalue weighted by molar-refractivity contribution is -0.143. The van der Waals surface area contributed by atoms with E-state index < -0.39 is 0 Å². The van der Waals surface area contributed by atoms with Crippen LogP contribution in [0.3, 0.4) is 0 Å². The maximum absolute atomic E-state index is 13.7. The van der Waals surface area contributed by atoms with Crippen molar-refractivity contribution in [3.05, 3.63) is 57.3 Å². The van der Waals surface area contributed by atoms with Crippen LogP contribution in [0.5, 0.6) is 0 Å². The minimum atomic E-state index is -0.126. The summed E-state index contributed by atoms with van der Waals surface area (Å²) in [5.41, 5.74) is 3.41. The van der Waals surface area contributed by atoms with Crippen molar-refractivity contribution in [1.82, 2.24) is 9.80 Å². The van der Waals surface area contributed by atoms with E-state index >= 15 is 0 Å². The lowest BCUT2D eigenvalue weighted by Crippen LogP contribution is -2.47. The number of ether oxygens (including phenoxy) is 1. The molecule has 0 fully saturated rings. The zero-order valence-electron chi connectivity index (χ0n) is 20.7. The number of carbonyl (C=O) groups excluding carboxylic acids is 2. The average molecular weight is 471 g/mol. The second-order valence-electron chi connectivity index (χ2n) is 10.1. The number of aryl methyl sites for hydroxylation is 1. The highest BCUT2D eigenvalue weighted by Gasteiger charge is 2.34. The van der Waals surface area contributed by atoms with Crippen molar-refractivity contribution in [3.8, 4) is 0 Å². The Morgan fingerprint density at radius 3 is 2.58 bits per heavy atom. The fourth-order valence-corrected chi connectivity index (χ4v) is 5.21. The van der Waals surface area contributed by atoms with Gasteiger partial charge in [-0.05, 0) is 54.7 Å². The maximum Gasteiger partial charge on any atom is 0.242 e. The fraction of sp³-hybridized carbons (Fsp3) is 0.556. The van der Waals surface area contributed by atoms with Gasteiger partial charge in [-0.1, -0.05) is 50.6 Å². The Hall–Kier alpha value is -2.18. The van der Waals surface area contributed by atoms with Crippen LogP contribution in [0.15, 0.2) is 35.7 Å². The van der Waals surface area contributed by atoms with Crippen molar-refractivity contribution >= 4 is 23.2 Å². The molecule has 1 atom stereocenters. The van der Waals surface area contributed by atoms with Gasteiger partial charge in [-0.25, -0.2) is 0 Å². The van der Waals surface area contributed by atoms with E-state index in [4.69, 9.17) is 4.74 Å². The number of fused-ring (bicyclic) bond motifs is 1. The van der Waals surface area contributed by atoms with Crippen LogP contribution in [-0.4, -0.2) is 54.5 Å². The van der Waals surface area contributed by atoms with Crippen molar-refractivity contribution in [2.75, 3.05) is 32.8 Å². The Morgan fingerprint density at radius 2 is 1.91 bits per heavy atom. The molecule has 2 aromatic rings. The monoisotopic (exact) mass is 470 g/mol. The van der Waals surface area contributed by atoms with Gasteiger partial charge in [0, 0.05) is 37.6 Å². The molecule has 1 aliphatic rings. The molecule has 1 unspecified atom stereocenters. The first-order valence-corrected chi connectivity index (χ1v) is 12.9. The second-order valence-corrected chi connectivity index (χ2v) is 11.1. The van der Waals surface area contributed by atoms with Crippen LogP contribution in [0.4, 0.5) is 0 Å². The summed E-state index contributed by atoms with van der Waals surface area (Å²) in [5.74, 6) is 0.0450. The first-order valence-electron chi connectivity index (χ1n) is 12.0. The molecule has 1 aromatic heterocycles. The number of amides is 2. The molecule has 2 amide bonds. The molecule has 180 valence electrons. The molecule has 0 saturated heterocycles. The molecule has 0 bridgehead atoms. The molecule has 0 aliphatic carbocycles. The number of hydrogen-bond acceptors (Lipinski definition) is 4. The first-order chi connectivity index (χ1) is 15.7. The van der Waals surface area contributed by atoms with E-state index in [1.54, 1.807) is 16.2 Å². The van der Waals surface area contributed by atoms with Crippen molar-refractivity contribution in [3.63, 3.8) is 0 Å². The number of rotatable bonds is 9. The number of nitrogens with zero attached hydrogens (tertiary/aromatic N) is 2. The van der Waals surface area contributed by atoms with Crippen LogP contribution in [0.1, 0.15) is 68.1 Å². The number of carbonyl (C=O) groups is 2. The van der Waals surface area contributed by atoms with Crippen LogP contribution in [-0.2, 0) is 20.7 Å². The summed E-state index contributed by atoms with van der Waals surface area (Å²) in [6.45, 7) is 12.8. The molecule has 6 heteroatoms. The Balaban J connectivity index is 1.81. The topological polar surface area (TPSA) is 49.9 Å². The fourth-order valence-electron chi connectivity index (χ4n) is 4.31. The third-order valence-electron chi connectivity index (χ3n) is 5.96. The molecule has 1 aliphatic heterocycles. The molecular formula is C27H38N2O3S. The summed E-state index contributed by atoms with van der Waals surface area (Å²) >= 11 is 1.77. The molecule has 33 heavy (non-hydrogen) atoms. The molecule has 0 saturated carbocycles. The quantitative estimate of drug-likeness (QED) is 0.472. The van der Waals surface area contributed by atoms with Crippen molar-refractivity contribution in [1.29, 1.82) is 0 Å². The number of benzene rings is 1. The largest absolute Gasteiger partial charge is 0.382 e. The van der Waals surface area contributed by atoms with E-state index in [-0.39, 0.29) is 29.8 Å². The highest BCUT2D eigenvalue weighted by Crippen LogP contribution is 2.38. The predicted octanol–water partition coefficient (Wildman–Crippen LogP) is 5.22. The summed E-state index contributed by atoms with van der Waals surface area (Å²) in [4.78, 5) is 31.8. The highest BCUT2D eigenvalue weighted by atomic mass is 32.1. The van der Waals surface area contributed by atoms with E-state index in [0.29, 0.717) is 32.7 Å². The highest BCUT2D eigenvalue weighted by molar-refractivity contribution is 7.10. The number of hydrogen-bond donors (Lipinski definition) is 0. The second kappa shape index (κ2) is 11.3. The SMILES string of the molecule is CCOCCCN(CC(=O)N1CCc2sccc2C1c1ccc(C)cc1)C(=O)CC(C)(C)C. The molecule has 0 spiro atoms. The van der Waals surface area contributed by atoms with Crippen LogP contribution in [0.2, 0.25) is 0 Å². The zero-order chi connectivity index (χ0) is 24.0. The average Bonchev–Trinajstić information content (AvgIpc) is 3.23. The summed E-state index contributed by atoms with van der Waals surface area (Å²) in [6.07, 6.45) is 2.01. The van der Waals surface area contributed by atoms with E-state index in [1.165, 1.54) is 16.0 Å². The molecular weight excluding hydrogens is 432 g/mol. The summed E-state index contributed by atoms with van der Waals surface area (Å²) in [6, 6.07) is 10.5. The lowest BCUT2D eigenvalue weighted by atomic mass is 9.91. The first kappa shape index (κ1) is 25.4. The summed E-state index contributed by atoms with van der Waals surface area (Å²) < 4.78 is 5.47. The van der Waals surface area contributed by atoms with E-state index in [1.807, 2.05) is 11.8 Å². The van der Waals surface area contributed by atoms with Crippen LogP contribution >= 0.6 is 11.3 Å². The Morgan fingerprint density at radius 1 is 1.18 bits per heavy atom. The minimum Gasteiger partial charge on any atom is -0.382 e. The lowest BCUT2D eigenvalue weighted by Gasteiger charge is -2.38. The van der Waals surface area contributed by atoms with Gasteiger partial charge in [0.2, 0.25) is 11.8 Å². The van der Waals surface area contributed by atoms with Gasteiger partial charge in [0.15, 0.2) is 0 Å².